The van der Waals surface area contributed by atoms with Crippen LogP contribution in [0.15, 0.2) is 41.2 Å². The van der Waals surface area contributed by atoms with Gasteiger partial charge in [0.15, 0.2) is 0 Å². The summed E-state index contributed by atoms with van der Waals surface area (Å²) in [5.74, 6) is 0.854. The molecular weight excluding hydrogens is 242 g/mol. The first-order chi connectivity index (χ1) is 9.15. The Bertz CT molecular complexity index is 775. The molecule has 0 aliphatic heterocycles. The Morgan fingerprint density at radius 1 is 1.26 bits per heavy atom. The molecule has 1 aromatic carbocycles. The molecule has 2 heterocycles. The highest BCUT2D eigenvalue weighted by molar-refractivity contribution is 5.31. The van der Waals surface area contributed by atoms with Crippen LogP contribution in [0.2, 0.25) is 0 Å². The van der Waals surface area contributed by atoms with Gasteiger partial charge in [0.2, 0.25) is 0 Å². The van der Waals surface area contributed by atoms with Crippen molar-refractivity contribution in [3.63, 3.8) is 0 Å². The van der Waals surface area contributed by atoms with Crippen molar-refractivity contribution in [1.82, 2.24) is 19.6 Å². The highest BCUT2D eigenvalue weighted by Crippen LogP contribution is 2.15. The van der Waals surface area contributed by atoms with Gasteiger partial charge in [-0.3, -0.25) is 9.89 Å². The number of aromatic amines is 1. The van der Waals surface area contributed by atoms with Crippen LogP contribution in [0.4, 0.5) is 0 Å². The van der Waals surface area contributed by atoms with Gasteiger partial charge in [-0.1, -0.05) is 30.3 Å². The summed E-state index contributed by atoms with van der Waals surface area (Å²) < 4.78 is 1.30. The average molecular weight is 255 g/mol. The van der Waals surface area contributed by atoms with E-state index in [0.29, 0.717) is 17.3 Å². The molecule has 3 aromatic rings. The van der Waals surface area contributed by atoms with Crippen LogP contribution >= 0.6 is 0 Å². The summed E-state index contributed by atoms with van der Waals surface area (Å²) in [7, 11) is 0. The van der Waals surface area contributed by atoms with Crippen molar-refractivity contribution >= 4 is 5.78 Å². The largest absolute Gasteiger partial charge is 0.318 e. The minimum absolute atomic E-state index is 0.193. The number of aromatic nitrogens is 4. The molecule has 1 atom stereocenters. The first-order valence-electron chi connectivity index (χ1n) is 5.92. The van der Waals surface area contributed by atoms with Crippen LogP contribution in [0, 0.1) is 6.92 Å². The summed E-state index contributed by atoms with van der Waals surface area (Å²) >= 11 is 0. The second-order valence-corrected chi connectivity index (χ2v) is 4.37. The highest BCUT2D eigenvalue weighted by atomic mass is 16.1. The van der Waals surface area contributed by atoms with Gasteiger partial charge in [0.1, 0.15) is 5.82 Å². The fraction of sp³-hybridized carbons (Fsp3) is 0.154. The number of H-pyrrole nitrogens is 1. The van der Waals surface area contributed by atoms with Crippen molar-refractivity contribution in [3.8, 4) is 0 Å². The zero-order valence-electron chi connectivity index (χ0n) is 10.4. The van der Waals surface area contributed by atoms with Gasteiger partial charge in [-0.25, -0.2) is 4.98 Å². The number of fused-ring (bicyclic) bond motifs is 1. The third-order valence-corrected chi connectivity index (χ3v) is 2.93. The maximum absolute atomic E-state index is 11.8. The normalized spacial score (nSPS) is 12.7. The van der Waals surface area contributed by atoms with Crippen LogP contribution in [-0.4, -0.2) is 19.6 Å². The minimum atomic E-state index is -0.414. The van der Waals surface area contributed by atoms with Gasteiger partial charge >= 0.3 is 0 Å². The first-order valence-corrected chi connectivity index (χ1v) is 5.92. The summed E-state index contributed by atoms with van der Waals surface area (Å²) in [6.07, 6.45) is 0. The predicted octanol–water partition coefficient (Wildman–Crippen LogP) is 0.774. The molecule has 6 nitrogen and oxygen atoms in total. The molecule has 19 heavy (non-hydrogen) atoms. The van der Waals surface area contributed by atoms with Gasteiger partial charge in [0.25, 0.3) is 11.3 Å². The van der Waals surface area contributed by atoms with Crippen molar-refractivity contribution in [1.29, 1.82) is 0 Å². The van der Waals surface area contributed by atoms with E-state index >= 15 is 0 Å². The van der Waals surface area contributed by atoms with Crippen LogP contribution < -0.4 is 11.3 Å². The fourth-order valence-electron chi connectivity index (χ4n) is 1.97. The third kappa shape index (κ3) is 2.02. The van der Waals surface area contributed by atoms with E-state index in [9.17, 15) is 4.79 Å². The third-order valence-electron chi connectivity index (χ3n) is 2.93. The Hall–Kier alpha value is -2.47. The van der Waals surface area contributed by atoms with Gasteiger partial charge in [-0.15, -0.1) is 0 Å². The van der Waals surface area contributed by atoms with Crippen molar-refractivity contribution < 1.29 is 0 Å². The number of rotatable bonds is 2. The number of nitrogens with zero attached hydrogens (tertiary/aromatic N) is 3. The maximum Gasteiger partial charge on any atom is 0.274 e. The molecule has 3 rings (SSSR count). The van der Waals surface area contributed by atoms with Crippen LogP contribution in [0.25, 0.3) is 5.78 Å². The molecule has 0 amide bonds. The summed E-state index contributed by atoms with van der Waals surface area (Å²) in [4.78, 5) is 20.3. The molecule has 0 radical (unpaired) electrons. The van der Waals surface area contributed by atoms with Gasteiger partial charge in [0, 0.05) is 11.8 Å². The Labute approximate surface area is 108 Å². The van der Waals surface area contributed by atoms with Crippen molar-refractivity contribution in [2.45, 2.75) is 13.0 Å². The van der Waals surface area contributed by atoms with Crippen LogP contribution in [0.5, 0.6) is 0 Å². The predicted molar refractivity (Wildman–Crippen MR) is 70.8 cm³/mol. The summed E-state index contributed by atoms with van der Waals surface area (Å²) in [5, 5.41) is 2.89. The van der Waals surface area contributed by atoms with E-state index in [1.54, 1.807) is 6.92 Å². The average Bonchev–Trinajstić information content (AvgIpc) is 2.83. The quantitative estimate of drug-likeness (QED) is 0.708. The van der Waals surface area contributed by atoms with Gasteiger partial charge < -0.3 is 5.73 Å². The van der Waals surface area contributed by atoms with E-state index in [1.807, 2.05) is 30.3 Å². The van der Waals surface area contributed by atoms with Crippen molar-refractivity contribution in [3.05, 3.63) is 63.8 Å². The molecular formula is C13H13N5O. The van der Waals surface area contributed by atoms with Gasteiger partial charge in [0.05, 0.1) is 6.04 Å². The van der Waals surface area contributed by atoms with E-state index in [4.69, 9.17) is 5.73 Å². The Kier molecular flexibility index (Phi) is 2.64. The van der Waals surface area contributed by atoms with Crippen molar-refractivity contribution in [2.24, 2.45) is 5.73 Å². The molecule has 96 valence electrons. The zero-order valence-corrected chi connectivity index (χ0v) is 10.4. The molecule has 3 N–H and O–H groups in total. The summed E-state index contributed by atoms with van der Waals surface area (Å²) in [6, 6.07) is 10.6. The van der Waals surface area contributed by atoms with E-state index in [-0.39, 0.29) is 5.56 Å². The van der Waals surface area contributed by atoms with Gasteiger partial charge in [-0.05, 0) is 12.5 Å². The second-order valence-electron chi connectivity index (χ2n) is 4.37. The molecule has 0 aliphatic rings. The molecule has 2 aromatic heterocycles. The Morgan fingerprint density at radius 3 is 2.74 bits per heavy atom. The van der Waals surface area contributed by atoms with Crippen LogP contribution in [0.3, 0.4) is 0 Å². The number of nitrogens with two attached hydrogens (primary N) is 1. The lowest BCUT2D eigenvalue weighted by Crippen LogP contribution is -2.16. The summed E-state index contributed by atoms with van der Waals surface area (Å²) in [5.41, 5.74) is 7.50. The second kappa shape index (κ2) is 4.33. The Balaban J connectivity index is 2.12. The Morgan fingerprint density at radius 2 is 2.00 bits per heavy atom. The van der Waals surface area contributed by atoms with Crippen LogP contribution in [0.1, 0.15) is 23.1 Å². The standard InChI is InChI=1S/C13H13N5O/c1-8-7-10(19)18-13(15-8)16-12(17-18)11(14)9-5-3-2-4-6-9/h2-7,11H,14H2,1H3,(H,15,16,17). The topological polar surface area (TPSA) is 89.1 Å². The molecule has 0 aliphatic carbocycles. The smallest absolute Gasteiger partial charge is 0.274 e. The van der Waals surface area contributed by atoms with E-state index in [2.05, 4.69) is 15.1 Å². The lowest BCUT2D eigenvalue weighted by molar-refractivity contribution is 0.763. The van der Waals surface area contributed by atoms with Gasteiger partial charge in [-0.2, -0.15) is 9.50 Å². The monoisotopic (exact) mass is 255 g/mol. The molecule has 6 heteroatoms. The molecule has 0 saturated heterocycles. The summed E-state index contributed by atoms with van der Waals surface area (Å²) in [6.45, 7) is 1.76. The van der Waals surface area contributed by atoms with Crippen LogP contribution in [-0.2, 0) is 0 Å². The number of nitrogens with one attached hydrogen (secondary N) is 1. The number of hydrogen-bond acceptors (Lipinski definition) is 4. The van der Waals surface area contributed by atoms with E-state index in [0.717, 1.165) is 5.56 Å². The van der Waals surface area contributed by atoms with E-state index in [1.165, 1.54) is 10.6 Å². The highest BCUT2D eigenvalue weighted by Gasteiger charge is 2.14. The fourth-order valence-corrected chi connectivity index (χ4v) is 1.97. The lowest BCUT2D eigenvalue weighted by Gasteiger charge is -2.07. The first kappa shape index (κ1) is 11.6. The maximum atomic E-state index is 11.8. The van der Waals surface area contributed by atoms with Crippen molar-refractivity contribution in [2.75, 3.05) is 0 Å². The van der Waals surface area contributed by atoms with E-state index < -0.39 is 6.04 Å². The molecule has 0 saturated carbocycles. The molecule has 0 bridgehead atoms. The minimum Gasteiger partial charge on any atom is -0.318 e. The number of benzene rings is 1. The molecule has 1 unspecified atom stereocenters. The molecule has 0 spiro atoms. The number of aryl methyl sites for hydroxylation is 1. The number of hydrogen-bond donors (Lipinski definition) is 2. The lowest BCUT2D eigenvalue weighted by atomic mass is 10.1. The SMILES string of the molecule is Cc1cc(=O)n2[nH]c(C(N)c3ccccc3)nc2n1. The molecule has 0 fully saturated rings. The zero-order chi connectivity index (χ0) is 13.4.